The van der Waals surface area contributed by atoms with E-state index in [2.05, 4.69) is 61.2 Å². The molecule has 0 heterocycles. The van der Waals surface area contributed by atoms with Gasteiger partial charge in [0.15, 0.2) is 0 Å². The van der Waals surface area contributed by atoms with Crippen LogP contribution in [0.4, 0.5) is 0 Å². The van der Waals surface area contributed by atoms with Crippen LogP contribution in [0.5, 0.6) is 0 Å². The van der Waals surface area contributed by atoms with E-state index < -0.39 is 9.12 Å². The molecule has 0 amide bonds. The predicted octanol–water partition coefficient (Wildman–Crippen LogP) is 0.773. The number of nitrogens with one attached hydrogen (secondary N) is 1. The molecule has 1 N–H and O–H groups in total. The van der Waals surface area contributed by atoms with Crippen molar-refractivity contribution < 1.29 is 0 Å². The fraction of sp³-hybridized carbons (Fsp3) is 0.800. The Morgan fingerprint density at radius 3 is 2.07 bits per heavy atom. The van der Waals surface area contributed by atoms with Crippen LogP contribution in [0.1, 0.15) is 20.8 Å². The van der Waals surface area contributed by atoms with Crippen LogP contribution in [0.2, 0.25) is 0 Å². The van der Waals surface area contributed by atoms with E-state index in [0.717, 1.165) is 19.6 Å². The third kappa shape index (κ3) is 5.42. The summed E-state index contributed by atoms with van der Waals surface area (Å²) < 4.78 is 2.53. The van der Waals surface area contributed by atoms with Crippen LogP contribution in [-0.4, -0.2) is 52.3 Å². The van der Waals surface area contributed by atoms with E-state index in [-0.39, 0.29) is 0 Å². The molecule has 0 radical (unpaired) electrons. The monoisotopic (exact) mass is 215 g/mol. The molecular weight excluding hydrogens is 190 g/mol. The second kappa shape index (κ2) is 8.02. The summed E-state index contributed by atoms with van der Waals surface area (Å²) in [7, 11) is 3.09. The maximum absolute atomic E-state index is 3.59. The van der Waals surface area contributed by atoms with Crippen LogP contribution in [0.25, 0.3) is 0 Å². The van der Waals surface area contributed by atoms with Crippen LogP contribution in [0, 0.1) is 0 Å². The zero-order valence-corrected chi connectivity index (χ0v) is 11.4. The maximum Gasteiger partial charge on any atom is 0.214 e. The molecule has 0 fully saturated rings. The molecule has 1 unspecified atom stereocenters. The smallest absolute Gasteiger partial charge is 0.214 e. The first kappa shape index (κ1) is 13.7. The summed E-state index contributed by atoms with van der Waals surface area (Å²) in [4.78, 5) is 5.69. The topological polar surface area (TPSA) is 18.5 Å². The second-order valence-electron chi connectivity index (χ2n) is 3.53. The standard InChI is InChI=1S/C10H25N3Si/c1-6-11-14(10-9-12(4)5)13(7-2)8-3/h9-11,14H,6-8H2,1-5H3. The molecule has 0 aromatic carbocycles. The Bertz CT molecular complexity index is 155. The number of hydrogen-bond acceptors (Lipinski definition) is 3. The molecule has 14 heavy (non-hydrogen) atoms. The van der Waals surface area contributed by atoms with Crippen molar-refractivity contribution in [3.05, 3.63) is 11.9 Å². The van der Waals surface area contributed by atoms with Crippen molar-refractivity contribution in [3.63, 3.8) is 0 Å². The van der Waals surface area contributed by atoms with E-state index in [0.29, 0.717) is 0 Å². The summed E-state index contributed by atoms with van der Waals surface area (Å²) in [6.07, 6.45) is 2.16. The number of nitrogens with zero attached hydrogens (tertiary/aromatic N) is 2. The summed E-state index contributed by atoms with van der Waals surface area (Å²) in [6, 6.07) is 0. The van der Waals surface area contributed by atoms with Crippen molar-refractivity contribution in [2.45, 2.75) is 20.8 Å². The van der Waals surface area contributed by atoms with Gasteiger partial charge in [-0.1, -0.05) is 26.5 Å². The van der Waals surface area contributed by atoms with Gasteiger partial charge in [-0.15, -0.1) is 0 Å². The Hall–Kier alpha value is -0.323. The van der Waals surface area contributed by atoms with Gasteiger partial charge in [-0.25, -0.2) is 0 Å². The predicted molar refractivity (Wildman–Crippen MR) is 66.6 cm³/mol. The lowest BCUT2D eigenvalue weighted by Crippen LogP contribution is -2.49. The molecule has 0 aliphatic heterocycles. The van der Waals surface area contributed by atoms with Gasteiger partial charge in [0, 0.05) is 14.1 Å². The summed E-state index contributed by atoms with van der Waals surface area (Å²) in [5.41, 5.74) is 2.34. The Balaban J connectivity index is 4.25. The second-order valence-corrected chi connectivity index (χ2v) is 5.94. The van der Waals surface area contributed by atoms with E-state index in [9.17, 15) is 0 Å². The van der Waals surface area contributed by atoms with E-state index in [1.165, 1.54) is 0 Å². The molecule has 0 aromatic heterocycles. The minimum absolute atomic E-state index is 1.04. The third-order valence-corrected chi connectivity index (χ3v) is 5.07. The minimum Gasteiger partial charge on any atom is -0.384 e. The minimum atomic E-state index is -1.04. The van der Waals surface area contributed by atoms with E-state index in [1.807, 2.05) is 0 Å². The van der Waals surface area contributed by atoms with Crippen molar-refractivity contribution >= 4 is 9.12 Å². The van der Waals surface area contributed by atoms with Crippen molar-refractivity contribution in [2.24, 2.45) is 0 Å². The van der Waals surface area contributed by atoms with Crippen molar-refractivity contribution in [2.75, 3.05) is 33.7 Å². The highest BCUT2D eigenvalue weighted by Gasteiger charge is 2.12. The summed E-state index contributed by atoms with van der Waals surface area (Å²) in [5.74, 6) is 0. The molecule has 0 bridgehead atoms. The quantitative estimate of drug-likeness (QED) is 0.633. The first-order valence-electron chi connectivity index (χ1n) is 5.47. The van der Waals surface area contributed by atoms with Crippen molar-refractivity contribution in [3.8, 4) is 0 Å². The fourth-order valence-electron chi connectivity index (χ4n) is 1.40. The van der Waals surface area contributed by atoms with Gasteiger partial charge < -0.3 is 14.4 Å². The SMILES string of the molecule is CCN[SiH](C=CN(C)C)N(CC)CC. The maximum atomic E-state index is 3.59. The first-order valence-corrected chi connectivity index (χ1v) is 7.23. The van der Waals surface area contributed by atoms with E-state index in [4.69, 9.17) is 0 Å². The molecule has 84 valence electrons. The Labute approximate surface area is 90.5 Å². The molecule has 1 atom stereocenters. The molecular formula is C10H25N3Si. The summed E-state index contributed by atoms with van der Waals surface area (Å²) >= 11 is 0. The largest absolute Gasteiger partial charge is 0.384 e. The Morgan fingerprint density at radius 2 is 1.71 bits per heavy atom. The molecule has 0 spiro atoms. The average Bonchev–Trinajstić information content (AvgIpc) is 2.15. The van der Waals surface area contributed by atoms with Crippen LogP contribution < -0.4 is 4.98 Å². The molecule has 4 heteroatoms. The molecule has 0 saturated heterocycles. The van der Waals surface area contributed by atoms with Crippen molar-refractivity contribution in [1.29, 1.82) is 0 Å². The average molecular weight is 215 g/mol. The first-order chi connectivity index (χ1) is 6.65. The molecule has 0 aliphatic carbocycles. The number of rotatable bonds is 7. The van der Waals surface area contributed by atoms with Crippen LogP contribution in [-0.2, 0) is 0 Å². The normalized spacial score (nSPS) is 13.9. The molecule has 3 nitrogen and oxygen atoms in total. The Kier molecular flexibility index (Phi) is 7.84. The number of hydrogen-bond donors (Lipinski definition) is 1. The van der Waals surface area contributed by atoms with Crippen molar-refractivity contribution in [1.82, 2.24) is 14.4 Å². The highest BCUT2D eigenvalue weighted by molar-refractivity contribution is 6.58. The van der Waals surface area contributed by atoms with Crippen LogP contribution in [0.3, 0.4) is 0 Å². The Morgan fingerprint density at radius 1 is 1.14 bits per heavy atom. The van der Waals surface area contributed by atoms with Gasteiger partial charge in [0.05, 0.1) is 0 Å². The zero-order valence-electron chi connectivity index (χ0n) is 10.2. The van der Waals surface area contributed by atoms with Gasteiger partial charge in [-0.05, 0) is 25.8 Å². The molecule has 0 aliphatic rings. The van der Waals surface area contributed by atoms with E-state index in [1.54, 1.807) is 0 Å². The highest BCUT2D eigenvalue weighted by Crippen LogP contribution is 1.94. The fourth-order valence-corrected chi connectivity index (χ4v) is 3.75. The lowest BCUT2D eigenvalue weighted by molar-refractivity contribution is 0.473. The third-order valence-electron chi connectivity index (χ3n) is 2.19. The lowest BCUT2D eigenvalue weighted by atomic mass is 10.7. The summed E-state index contributed by atoms with van der Waals surface area (Å²) in [6.45, 7) is 9.96. The van der Waals surface area contributed by atoms with Gasteiger partial charge in [0.1, 0.15) is 0 Å². The summed E-state index contributed by atoms with van der Waals surface area (Å²) in [5, 5.41) is 0. The highest BCUT2D eigenvalue weighted by atomic mass is 28.3. The van der Waals surface area contributed by atoms with Gasteiger partial charge in [-0.3, -0.25) is 0 Å². The van der Waals surface area contributed by atoms with Gasteiger partial charge in [-0.2, -0.15) is 0 Å². The molecule has 0 rings (SSSR count). The van der Waals surface area contributed by atoms with Gasteiger partial charge >= 0.3 is 0 Å². The van der Waals surface area contributed by atoms with E-state index >= 15 is 0 Å². The van der Waals surface area contributed by atoms with Crippen LogP contribution >= 0.6 is 0 Å². The lowest BCUT2D eigenvalue weighted by Gasteiger charge is -2.26. The van der Waals surface area contributed by atoms with Crippen LogP contribution in [0.15, 0.2) is 11.9 Å². The zero-order chi connectivity index (χ0) is 11.0. The molecule has 0 aromatic rings. The van der Waals surface area contributed by atoms with Gasteiger partial charge in [0.2, 0.25) is 9.12 Å². The molecule has 0 saturated carbocycles. The van der Waals surface area contributed by atoms with Gasteiger partial charge in [0.25, 0.3) is 0 Å².